The molecule has 17 heavy (non-hydrogen) atoms. The van der Waals surface area contributed by atoms with Crippen LogP contribution in [0.3, 0.4) is 0 Å². The van der Waals surface area contributed by atoms with E-state index in [9.17, 15) is 4.79 Å². The first-order valence-electron chi connectivity index (χ1n) is 6.15. The van der Waals surface area contributed by atoms with Gasteiger partial charge in [-0.05, 0) is 19.9 Å². The molecule has 1 fully saturated rings. The number of likely N-dealkylation sites (tertiary alicyclic amines) is 1. The fourth-order valence-corrected chi connectivity index (χ4v) is 2.40. The molecule has 5 heteroatoms. The summed E-state index contributed by atoms with van der Waals surface area (Å²) in [6, 6.07) is 0.230. The predicted molar refractivity (Wildman–Crippen MR) is 65.4 cm³/mol. The first kappa shape index (κ1) is 12.1. The zero-order valence-electron chi connectivity index (χ0n) is 10.5. The summed E-state index contributed by atoms with van der Waals surface area (Å²) < 4.78 is 1.80. The lowest BCUT2D eigenvalue weighted by molar-refractivity contribution is -0.132. The average Bonchev–Trinajstić information content (AvgIpc) is 2.93. The number of aryl methyl sites for hydroxylation is 1. The molecule has 1 aliphatic heterocycles. The standard InChI is InChI=1S/C12H20N4O/c1-13-6-5-12(17)16-7-3-4-11(16)10-8-14-15(2)9-10/h8-9,11,13H,3-7H2,1-2H3. The van der Waals surface area contributed by atoms with E-state index in [0.29, 0.717) is 6.42 Å². The van der Waals surface area contributed by atoms with E-state index in [1.165, 1.54) is 0 Å². The van der Waals surface area contributed by atoms with Gasteiger partial charge in [-0.25, -0.2) is 0 Å². The molecule has 0 aromatic carbocycles. The van der Waals surface area contributed by atoms with Crippen LogP contribution < -0.4 is 5.32 Å². The van der Waals surface area contributed by atoms with Crippen LogP contribution in [0.15, 0.2) is 12.4 Å². The monoisotopic (exact) mass is 236 g/mol. The molecule has 1 aromatic rings. The molecule has 0 aliphatic carbocycles. The van der Waals surface area contributed by atoms with Gasteiger partial charge >= 0.3 is 0 Å². The van der Waals surface area contributed by atoms with Gasteiger partial charge in [-0.15, -0.1) is 0 Å². The number of aromatic nitrogens is 2. The van der Waals surface area contributed by atoms with E-state index >= 15 is 0 Å². The summed E-state index contributed by atoms with van der Waals surface area (Å²) in [6.45, 7) is 1.62. The van der Waals surface area contributed by atoms with Crippen molar-refractivity contribution in [2.24, 2.45) is 7.05 Å². The Kier molecular flexibility index (Phi) is 3.78. The summed E-state index contributed by atoms with van der Waals surface area (Å²) in [5.41, 5.74) is 1.16. The van der Waals surface area contributed by atoms with Gasteiger partial charge in [-0.3, -0.25) is 9.48 Å². The topological polar surface area (TPSA) is 50.2 Å². The SMILES string of the molecule is CNCCC(=O)N1CCCC1c1cnn(C)c1. The molecule has 1 atom stereocenters. The van der Waals surface area contributed by atoms with Crippen LogP contribution >= 0.6 is 0 Å². The molecule has 2 rings (SSSR count). The molecule has 0 saturated carbocycles. The van der Waals surface area contributed by atoms with Crippen molar-refractivity contribution >= 4 is 5.91 Å². The minimum atomic E-state index is 0.230. The highest BCUT2D eigenvalue weighted by molar-refractivity contribution is 5.77. The fourth-order valence-electron chi connectivity index (χ4n) is 2.40. The molecule has 1 unspecified atom stereocenters. The molecule has 1 saturated heterocycles. The molecule has 0 radical (unpaired) electrons. The number of nitrogens with zero attached hydrogens (tertiary/aromatic N) is 3. The van der Waals surface area contributed by atoms with Crippen LogP contribution in [0.4, 0.5) is 0 Å². The summed E-state index contributed by atoms with van der Waals surface area (Å²) in [4.78, 5) is 14.0. The Labute approximate surface area is 102 Å². The van der Waals surface area contributed by atoms with Gasteiger partial charge < -0.3 is 10.2 Å². The van der Waals surface area contributed by atoms with E-state index in [1.54, 1.807) is 4.68 Å². The van der Waals surface area contributed by atoms with Crippen LogP contribution in [0.5, 0.6) is 0 Å². The van der Waals surface area contributed by atoms with Gasteiger partial charge in [0.15, 0.2) is 0 Å². The van der Waals surface area contributed by atoms with Gasteiger partial charge in [-0.2, -0.15) is 5.10 Å². The van der Waals surface area contributed by atoms with Crippen molar-refractivity contribution in [3.8, 4) is 0 Å². The molecule has 1 aliphatic rings. The first-order chi connectivity index (χ1) is 8.22. The van der Waals surface area contributed by atoms with Crippen LogP contribution in [0, 0.1) is 0 Å². The Bertz CT molecular complexity index is 388. The minimum absolute atomic E-state index is 0.230. The number of carbonyl (C=O) groups excluding carboxylic acids is 1. The van der Waals surface area contributed by atoms with Crippen LogP contribution in [-0.4, -0.2) is 40.7 Å². The fraction of sp³-hybridized carbons (Fsp3) is 0.667. The summed E-state index contributed by atoms with van der Waals surface area (Å²) >= 11 is 0. The normalized spacial score (nSPS) is 19.9. The summed E-state index contributed by atoms with van der Waals surface area (Å²) in [5, 5.41) is 7.20. The largest absolute Gasteiger partial charge is 0.335 e. The van der Waals surface area contributed by atoms with Gasteiger partial charge in [0.25, 0.3) is 0 Å². The van der Waals surface area contributed by atoms with Crippen LogP contribution in [-0.2, 0) is 11.8 Å². The number of hydrogen-bond acceptors (Lipinski definition) is 3. The van der Waals surface area contributed by atoms with E-state index < -0.39 is 0 Å². The van der Waals surface area contributed by atoms with E-state index in [2.05, 4.69) is 10.4 Å². The van der Waals surface area contributed by atoms with Crippen molar-refractivity contribution in [2.45, 2.75) is 25.3 Å². The Morgan fingerprint density at radius 1 is 1.65 bits per heavy atom. The second-order valence-corrected chi connectivity index (χ2v) is 4.55. The average molecular weight is 236 g/mol. The third-order valence-electron chi connectivity index (χ3n) is 3.27. The maximum absolute atomic E-state index is 12.1. The molecular formula is C12H20N4O. The minimum Gasteiger partial charge on any atom is -0.335 e. The molecule has 1 N–H and O–H groups in total. The predicted octanol–water partition coefficient (Wildman–Crippen LogP) is 0.693. The third kappa shape index (κ3) is 2.66. The Balaban J connectivity index is 2.04. The van der Waals surface area contributed by atoms with E-state index in [-0.39, 0.29) is 11.9 Å². The lowest BCUT2D eigenvalue weighted by atomic mass is 10.1. The van der Waals surface area contributed by atoms with E-state index in [0.717, 1.165) is 31.5 Å². The van der Waals surface area contributed by atoms with E-state index in [4.69, 9.17) is 0 Å². The zero-order chi connectivity index (χ0) is 12.3. The first-order valence-corrected chi connectivity index (χ1v) is 6.15. The molecule has 5 nitrogen and oxygen atoms in total. The summed E-state index contributed by atoms with van der Waals surface area (Å²) in [6.07, 6.45) is 6.60. The lowest BCUT2D eigenvalue weighted by Crippen LogP contribution is -2.32. The van der Waals surface area contributed by atoms with Gasteiger partial charge in [0.1, 0.15) is 0 Å². The van der Waals surface area contributed by atoms with Crippen LogP contribution in [0.25, 0.3) is 0 Å². The number of nitrogens with one attached hydrogen (secondary N) is 1. The number of hydrogen-bond donors (Lipinski definition) is 1. The third-order valence-corrected chi connectivity index (χ3v) is 3.27. The molecule has 0 bridgehead atoms. The quantitative estimate of drug-likeness (QED) is 0.837. The molecule has 0 spiro atoms. The number of carbonyl (C=O) groups is 1. The van der Waals surface area contributed by atoms with Crippen molar-refractivity contribution in [3.63, 3.8) is 0 Å². The zero-order valence-corrected chi connectivity index (χ0v) is 10.5. The highest BCUT2D eigenvalue weighted by Crippen LogP contribution is 2.31. The summed E-state index contributed by atoms with van der Waals surface area (Å²) in [5.74, 6) is 0.241. The maximum Gasteiger partial charge on any atom is 0.224 e. The Hall–Kier alpha value is -1.36. The van der Waals surface area contributed by atoms with Crippen molar-refractivity contribution in [3.05, 3.63) is 18.0 Å². The molecule has 1 amide bonds. The van der Waals surface area contributed by atoms with E-state index in [1.807, 2.05) is 31.4 Å². The summed E-state index contributed by atoms with van der Waals surface area (Å²) in [7, 11) is 3.78. The van der Waals surface area contributed by atoms with Gasteiger partial charge in [0.05, 0.1) is 12.2 Å². The van der Waals surface area contributed by atoms with Crippen molar-refractivity contribution in [2.75, 3.05) is 20.1 Å². The molecular weight excluding hydrogens is 216 g/mol. The van der Waals surface area contributed by atoms with Gasteiger partial charge in [-0.1, -0.05) is 0 Å². The molecule has 2 heterocycles. The van der Waals surface area contributed by atoms with Crippen LogP contribution in [0.1, 0.15) is 30.9 Å². The highest BCUT2D eigenvalue weighted by Gasteiger charge is 2.30. The van der Waals surface area contributed by atoms with Gasteiger partial charge in [0, 0.05) is 38.3 Å². The molecule has 1 aromatic heterocycles. The second kappa shape index (κ2) is 5.31. The smallest absolute Gasteiger partial charge is 0.224 e. The van der Waals surface area contributed by atoms with Crippen molar-refractivity contribution in [1.29, 1.82) is 0 Å². The second-order valence-electron chi connectivity index (χ2n) is 4.55. The van der Waals surface area contributed by atoms with Crippen LogP contribution in [0.2, 0.25) is 0 Å². The molecule has 94 valence electrons. The lowest BCUT2D eigenvalue weighted by Gasteiger charge is -2.23. The Morgan fingerprint density at radius 3 is 3.12 bits per heavy atom. The maximum atomic E-state index is 12.1. The number of rotatable bonds is 4. The Morgan fingerprint density at radius 2 is 2.47 bits per heavy atom. The van der Waals surface area contributed by atoms with Crippen molar-refractivity contribution in [1.82, 2.24) is 20.0 Å². The highest BCUT2D eigenvalue weighted by atomic mass is 16.2. The van der Waals surface area contributed by atoms with Crippen molar-refractivity contribution < 1.29 is 4.79 Å². The number of amides is 1. The van der Waals surface area contributed by atoms with Gasteiger partial charge in [0.2, 0.25) is 5.91 Å².